The molecule has 0 spiro atoms. The second-order valence-electron chi connectivity index (χ2n) is 8.59. The van der Waals surface area contributed by atoms with E-state index in [1.807, 2.05) is 0 Å². The molecule has 4 heteroatoms. The van der Waals surface area contributed by atoms with E-state index in [9.17, 15) is 0 Å². The molecule has 0 radical (unpaired) electrons. The van der Waals surface area contributed by atoms with Crippen LogP contribution in [-0.4, -0.2) is 49.3 Å². The number of para-hydroxylation sites is 2. The first-order valence-electron chi connectivity index (χ1n) is 9.81. The molecule has 0 aromatic heterocycles. The van der Waals surface area contributed by atoms with Gasteiger partial charge in [0.15, 0.2) is 0 Å². The van der Waals surface area contributed by atoms with Crippen LogP contribution in [0.3, 0.4) is 0 Å². The first-order valence-corrected chi connectivity index (χ1v) is 9.81. The normalized spacial score (nSPS) is 37.6. The molecular formula is C22H26N4. The number of likely N-dealkylation sites (tertiary alicyclic amines) is 2. The Labute approximate surface area is 155 Å². The minimum Gasteiger partial charge on any atom is -0.369 e. The van der Waals surface area contributed by atoms with Gasteiger partial charge in [0.1, 0.15) is 0 Å². The molecule has 0 aliphatic carbocycles. The lowest BCUT2D eigenvalue weighted by Gasteiger charge is -2.48. The molecular weight excluding hydrogens is 320 g/mol. The fourth-order valence-electron chi connectivity index (χ4n) is 6.73. The summed E-state index contributed by atoms with van der Waals surface area (Å²) in [6.45, 7) is 2.29. The summed E-state index contributed by atoms with van der Waals surface area (Å²) >= 11 is 0. The van der Waals surface area contributed by atoms with Gasteiger partial charge in [0, 0.05) is 35.3 Å². The molecule has 26 heavy (non-hydrogen) atoms. The third-order valence-corrected chi connectivity index (χ3v) is 7.73. The number of hydrogen-bond acceptors (Lipinski definition) is 4. The second kappa shape index (κ2) is 4.81. The van der Waals surface area contributed by atoms with Crippen molar-refractivity contribution in [2.75, 3.05) is 37.8 Å². The van der Waals surface area contributed by atoms with Gasteiger partial charge >= 0.3 is 0 Å². The summed E-state index contributed by atoms with van der Waals surface area (Å²) in [6, 6.07) is 18.1. The van der Waals surface area contributed by atoms with Gasteiger partial charge < -0.3 is 10.6 Å². The Morgan fingerprint density at radius 1 is 0.731 bits per heavy atom. The smallest absolute Gasteiger partial charge is 0.0901 e. The highest BCUT2D eigenvalue weighted by atomic mass is 15.4. The third-order valence-electron chi connectivity index (χ3n) is 7.73. The van der Waals surface area contributed by atoms with Crippen LogP contribution in [0.4, 0.5) is 11.4 Å². The quantitative estimate of drug-likeness (QED) is 0.831. The van der Waals surface area contributed by atoms with E-state index < -0.39 is 0 Å². The predicted molar refractivity (Wildman–Crippen MR) is 106 cm³/mol. The standard InChI is InChI=1S/C22H26N4/c1-25-13-11-21(15-7-3-5-9-17(15)23-19(21)25)22-12-14-26(2)20(22)24-18-10-6-4-8-16(18)22/h3-10,19-20,23-24H,11-14H2,1-2H3/t19?,20?,21-,22?/m1/s1. The van der Waals surface area contributed by atoms with Crippen LogP contribution in [-0.2, 0) is 10.8 Å². The molecule has 2 N–H and O–H groups in total. The molecule has 6 rings (SSSR count). The van der Waals surface area contributed by atoms with Crippen LogP contribution < -0.4 is 10.6 Å². The van der Waals surface area contributed by atoms with Crippen molar-refractivity contribution in [1.82, 2.24) is 9.80 Å². The van der Waals surface area contributed by atoms with Crippen LogP contribution in [0.15, 0.2) is 48.5 Å². The van der Waals surface area contributed by atoms with Crippen LogP contribution in [0, 0.1) is 0 Å². The highest BCUT2D eigenvalue weighted by Gasteiger charge is 2.70. The Morgan fingerprint density at radius 2 is 1.15 bits per heavy atom. The molecule has 134 valence electrons. The van der Waals surface area contributed by atoms with Gasteiger partial charge in [0.05, 0.1) is 12.3 Å². The molecule has 4 heterocycles. The molecule has 0 saturated carbocycles. The number of rotatable bonds is 1. The molecule has 2 saturated heterocycles. The number of nitrogens with zero attached hydrogens (tertiary/aromatic N) is 2. The number of hydrogen-bond donors (Lipinski definition) is 2. The maximum Gasteiger partial charge on any atom is 0.0901 e. The van der Waals surface area contributed by atoms with E-state index in [1.54, 1.807) is 0 Å². The van der Waals surface area contributed by atoms with Crippen LogP contribution in [0.25, 0.3) is 0 Å². The van der Waals surface area contributed by atoms with Gasteiger partial charge in [-0.15, -0.1) is 0 Å². The number of benzene rings is 2. The average Bonchev–Trinajstić information content (AvgIpc) is 3.36. The lowest BCUT2D eigenvalue weighted by molar-refractivity contribution is 0.147. The van der Waals surface area contributed by atoms with Gasteiger partial charge in [-0.25, -0.2) is 0 Å². The van der Waals surface area contributed by atoms with Crippen molar-refractivity contribution in [2.45, 2.75) is 36.0 Å². The fraction of sp³-hybridized carbons (Fsp3) is 0.455. The van der Waals surface area contributed by atoms with Gasteiger partial charge in [-0.2, -0.15) is 0 Å². The highest BCUT2D eigenvalue weighted by molar-refractivity contribution is 5.72. The Bertz CT molecular complexity index is 822. The molecule has 4 aliphatic heterocycles. The van der Waals surface area contributed by atoms with E-state index in [-0.39, 0.29) is 10.8 Å². The van der Waals surface area contributed by atoms with Crippen molar-refractivity contribution in [3.05, 3.63) is 59.7 Å². The summed E-state index contributed by atoms with van der Waals surface area (Å²) in [5, 5.41) is 7.79. The summed E-state index contributed by atoms with van der Waals surface area (Å²) in [4.78, 5) is 5.07. The second-order valence-corrected chi connectivity index (χ2v) is 8.59. The Hall–Kier alpha value is -2.04. The van der Waals surface area contributed by atoms with E-state index in [0.29, 0.717) is 12.3 Å². The van der Waals surface area contributed by atoms with Crippen molar-refractivity contribution < 1.29 is 0 Å². The van der Waals surface area contributed by atoms with Crippen molar-refractivity contribution >= 4 is 11.4 Å². The first-order chi connectivity index (χ1) is 12.7. The summed E-state index contributed by atoms with van der Waals surface area (Å²) in [5.41, 5.74) is 5.91. The van der Waals surface area contributed by atoms with Gasteiger partial charge in [-0.05, 0) is 50.2 Å². The molecule has 2 aromatic rings. The Kier molecular flexibility index (Phi) is 2.79. The molecule has 4 nitrogen and oxygen atoms in total. The summed E-state index contributed by atoms with van der Waals surface area (Å²) < 4.78 is 0. The van der Waals surface area contributed by atoms with Gasteiger partial charge in [0.25, 0.3) is 0 Å². The molecule has 0 amide bonds. The molecule has 0 bridgehead atoms. The lowest BCUT2D eigenvalue weighted by atomic mass is 9.55. The molecule has 4 aliphatic rings. The van der Waals surface area contributed by atoms with Gasteiger partial charge in [0.2, 0.25) is 0 Å². The van der Waals surface area contributed by atoms with Crippen molar-refractivity contribution in [1.29, 1.82) is 0 Å². The van der Waals surface area contributed by atoms with E-state index in [4.69, 9.17) is 0 Å². The zero-order valence-corrected chi connectivity index (χ0v) is 15.5. The van der Waals surface area contributed by atoms with Crippen molar-refractivity contribution in [3.63, 3.8) is 0 Å². The number of anilines is 2. The highest BCUT2D eigenvalue weighted by Crippen LogP contribution is 2.65. The molecule has 2 fully saturated rings. The van der Waals surface area contributed by atoms with Gasteiger partial charge in [-0.3, -0.25) is 9.80 Å². The number of nitrogens with one attached hydrogen (secondary N) is 2. The largest absolute Gasteiger partial charge is 0.369 e. The first kappa shape index (κ1) is 15.1. The minimum absolute atomic E-state index is 0.105. The summed E-state index contributed by atoms with van der Waals surface area (Å²) in [7, 11) is 4.56. The molecule has 4 atom stereocenters. The van der Waals surface area contributed by atoms with E-state index in [2.05, 4.69) is 83.1 Å². The zero-order valence-electron chi connectivity index (χ0n) is 15.5. The van der Waals surface area contributed by atoms with Crippen molar-refractivity contribution in [2.24, 2.45) is 0 Å². The predicted octanol–water partition coefficient (Wildman–Crippen LogP) is 3.04. The summed E-state index contributed by atoms with van der Waals surface area (Å²) in [6.07, 6.45) is 3.14. The topological polar surface area (TPSA) is 30.5 Å². The summed E-state index contributed by atoms with van der Waals surface area (Å²) in [5.74, 6) is 0. The Morgan fingerprint density at radius 3 is 1.62 bits per heavy atom. The van der Waals surface area contributed by atoms with Crippen molar-refractivity contribution in [3.8, 4) is 0 Å². The maximum absolute atomic E-state index is 3.90. The zero-order chi connectivity index (χ0) is 17.5. The van der Waals surface area contributed by atoms with Crippen LogP contribution in [0.1, 0.15) is 24.0 Å². The molecule has 3 unspecified atom stereocenters. The Balaban J connectivity index is 1.68. The fourth-order valence-corrected chi connectivity index (χ4v) is 6.73. The number of fused-ring (bicyclic) bond motifs is 7. The van der Waals surface area contributed by atoms with Gasteiger partial charge in [-0.1, -0.05) is 36.4 Å². The SMILES string of the molecule is CN1CCC2([C@@]34CCN(C)C3Nc3ccccc34)c3ccccc3NC12. The lowest BCUT2D eigenvalue weighted by Crippen LogP contribution is -2.60. The van der Waals surface area contributed by atoms with Crippen LogP contribution in [0.2, 0.25) is 0 Å². The monoisotopic (exact) mass is 346 g/mol. The van der Waals surface area contributed by atoms with Crippen LogP contribution >= 0.6 is 0 Å². The van der Waals surface area contributed by atoms with E-state index >= 15 is 0 Å². The van der Waals surface area contributed by atoms with E-state index in [1.165, 1.54) is 35.3 Å². The average molecular weight is 346 g/mol. The minimum atomic E-state index is 0.105. The third kappa shape index (κ3) is 1.47. The van der Waals surface area contributed by atoms with E-state index in [0.717, 1.165) is 13.1 Å². The molecule has 2 aromatic carbocycles. The number of likely N-dealkylation sites (N-methyl/N-ethyl adjacent to an activating group) is 2. The maximum atomic E-state index is 3.90. The van der Waals surface area contributed by atoms with Crippen LogP contribution in [0.5, 0.6) is 0 Å².